The van der Waals surface area contributed by atoms with E-state index in [-0.39, 0.29) is 6.04 Å². The Labute approximate surface area is 157 Å². The molecule has 4 rings (SSSR count). The molecule has 140 valence electrons. The van der Waals surface area contributed by atoms with Gasteiger partial charge in [-0.2, -0.15) is 10.2 Å². The third-order valence-corrected chi connectivity index (χ3v) is 4.59. The fourth-order valence-corrected chi connectivity index (χ4v) is 3.32. The van der Waals surface area contributed by atoms with Gasteiger partial charge in [-0.3, -0.25) is 10.1 Å². The van der Waals surface area contributed by atoms with Gasteiger partial charge in [0.05, 0.1) is 6.04 Å². The number of nitrogens with one attached hydrogen (secondary N) is 3. The van der Waals surface area contributed by atoms with Crippen molar-refractivity contribution in [3.05, 3.63) is 47.8 Å². The third kappa shape index (κ3) is 3.81. The van der Waals surface area contributed by atoms with Crippen molar-refractivity contribution in [2.24, 2.45) is 4.99 Å². The Kier molecular flexibility index (Phi) is 4.82. The molecule has 3 heterocycles. The average molecular weight is 365 g/mol. The molecule has 0 spiro atoms. The van der Waals surface area contributed by atoms with Gasteiger partial charge < -0.3 is 10.6 Å². The summed E-state index contributed by atoms with van der Waals surface area (Å²) in [6.45, 7) is 3.51. The minimum atomic E-state index is 0.117. The number of hydrogen-bond donors (Lipinski definition) is 3. The molecule has 0 radical (unpaired) electrons. The van der Waals surface area contributed by atoms with E-state index in [4.69, 9.17) is 0 Å². The lowest BCUT2D eigenvalue weighted by Crippen LogP contribution is -2.41. The highest BCUT2D eigenvalue weighted by molar-refractivity contribution is 5.80. The molecule has 1 aliphatic rings. The van der Waals surface area contributed by atoms with Crippen LogP contribution in [0.15, 0.2) is 35.6 Å². The first-order chi connectivity index (χ1) is 13.2. The van der Waals surface area contributed by atoms with Crippen LogP contribution in [0.1, 0.15) is 36.1 Å². The zero-order chi connectivity index (χ0) is 18.6. The molecule has 0 aliphatic carbocycles. The first-order valence-electron chi connectivity index (χ1n) is 9.06. The lowest BCUT2D eigenvalue weighted by atomic mass is 10.1. The molecule has 0 saturated carbocycles. The van der Waals surface area contributed by atoms with Gasteiger partial charge >= 0.3 is 0 Å². The molecule has 0 fully saturated rings. The van der Waals surface area contributed by atoms with Crippen LogP contribution in [0.2, 0.25) is 0 Å². The summed E-state index contributed by atoms with van der Waals surface area (Å²) in [4.78, 5) is 13.1. The van der Waals surface area contributed by atoms with Gasteiger partial charge in [0.2, 0.25) is 0 Å². The molecule has 1 atom stereocenters. The van der Waals surface area contributed by atoms with Crippen molar-refractivity contribution in [2.75, 3.05) is 7.05 Å². The Bertz CT molecular complexity index is 926. The molecule has 0 amide bonds. The molecule has 9 heteroatoms. The van der Waals surface area contributed by atoms with Crippen molar-refractivity contribution >= 4 is 5.96 Å². The molecular weight excluding hydrogens is 342 g/mol. The van der Waals surface area contributed by atoms with Crippen LogP contribution in [0.5, 0.6) is 0 Å². The van der Waals surface area contributed by atoms with E-state index in [1.165, 1.54) is 6.33 Å². The van der Waals surface area contributed by atoms with Gasteiger partial charge in [-0.05, 0) is 31.4 Å². The number of fused-ring (bicyclic) bond motifs is 1. The van der Waals surface area contributed by atoms with Crippen molar-refractivity contribution in [2.45, 2.75) is 38.9 Å². The molecule has 27 heavy (non-hydrogen) atoms. The highest BCUT2D eigenvalue weighted by atomic mass is 15.4. The number of aromatic nitrogens is 6. The summed E-state index contributed by atoms with van der Waals surface area (Å²) in [5.74, 6) is 3.30. The molecule has 2 aromatic heterocycles. The molecule has 0 bridgehead atoms. The monoisotopic (exact) mass is 365 g/mol. The fourth-order valence-electron chi connectivity index (χ4n) is 3.32. The van der Waals surface area contributed by atoms with E-state index in [9.17, 15) is 0 Å². The highest BCUT2D eigenvalue weighted by Gasteiger charge is 2.24. The summed E-state index contributed by atoms with van der Waals surface area (Å²) < 4.78 is 1.99. The second kappa shape index (κ2) is 7.56. The summed E-state index contributed by atoms with van der Waals surface area (Å²) in [6, 6.07) is 8.29. The van der Waals surface area contributed by atoms with Crippen molar-refractivity contribution in [1.29, 1.82) is 0 Å². The van der Waals surface area contributed by atoms with Gasteiger partial charge in [-0.15, -0.1) is 0 Å². The maximum Gasteiger partial charge on any atom is 0.191 e. The van der Waals surface area contributed by atoms with Crippen LogP contribution in [0.4, 0.5) is 0 Å². The lowest BCUT2D eigenvalue weighted by Gasteiger charge is -2.25. The van der Waals surface area contributed by atoms with Crippen LogP contribution in [-0.4, -0.2) is 43.0 Å². The van der Waals surface area contributed by atoms with Crippen molar-refractivity contribution in [1.82, 2.24) is 40.6 Å². The first kappa shape index (κ1) is 17.2. The van der Waals surface area contributed by atoms with Crippen LogP contribution in [-0.2, 0) is 13.1 Å². The topological polar surface area (TPSA) is 109 Å². The predicted molar refractivity (Wildman–Crippen MR) is 102 cm³/mol. The second-order valence-electron chi connectivity index (χ2n) is 6.54. The van der Waals surface area contributed by atoms with Gasteiger partial charge in [0.25, 0.3) is 0 Å². The summed E-state index contributed by atoms with van der Waals surface area (Å²) in [5.41, 5.74) is 2.14. The Morgan fingerprint density at radius 2 is 2.33 bits per heavy atom. The van der Waals surface area contributed by atoms with E-state index in [1.807, 2.05) is 23.7 Å². The van der Waals surface area contributed by atoms with Crippen molar-refractivity contribution in [3.8, 4) is 11.4 Å². The largest absolute Gasteiger partial charge is 0.352 e. The molecule has 9 nitrogen and oxygen atoms in total. The van der Waals surface area contributed by atoms with Crippen LogP contribution in [0.25, 0.3) is 11.4 Å². The van der Waals surface area contributed by atoms with E-state index in [1.54, 1.807) is 7.05 Å². The van der Waals surface area contributed by atoms with Crippen LogP contribution < -0.4 is 10.6 Å². The van der Waals surface area contributed by atoms with E-state index in [2.05, 4.69) is 53.0 Å². The minimum absolute atomic E-state index is 0.117. The van der Waals surface area contributed by atoms with Gasteiger partial charge in [-0.25, -0.2) is 14.6 Å². The number of rotatable bonds is 4. The molecule has 0 saturated heterocycles. The normalized spacial score (nSPS) is 16.8. The van der Waals surface area contributed by atoms with E-state index in [0.717, 1.165) is 53.9 Å². The van der Waals surface area contributed by atoms with Crippen molar-refractivity contribution in [3.63, 3.8) is 0 Å². The van der Waals surface area contributed by atoms with E-state index >= 15 is 0 Å². The quantitative estimate of drug-likeness (QED) is 0.478. The molecular formula is C18H23N9. The van der Waals surface area contributed by atoms with Crippen molar-refractivity contribution < 1.29 is 0 Å². The summed E-state index contributed by atoms with van der Waals surface area (Å²) in [6.07, 6.45) is 3.60. The number of guanidine groups is 1. The van der Waals surface area contributed by atoms with Crippen LogP contribution >= 0.6 is 0 Å². The van der Waals surface area contributed by atoms with E-state index in [0.29, 0.717) is 6.54 Å². The lowest BCUT2D eigenvalue weighted by molar-refractivity contribution is 0.397. The molecule has 3 aromatic rings. The number of aliphatic imine (C=N–C) groups is 1. The fraction of sp³-hybridized carbons (Fsp3) is 0.389. The summed E-state index contributed by atoms with van der Waals surface area (Å²) >= 11 is 0. The third-order valence-electron chi connectivity index (χ3n) is 4.59. The molecule has 3 N–H and O–H groups in total. The molecule has 1 aromatic carbocycles. The Balaban J connectivity index is 1.41. The van der Waals surface area contributed by atoms with E-state index < -0.39 is 0 Å². The average Bonchev–Trinajstić information content (AvgIpc) is 3.34. The maximum absolute atomic E-state index is 4.57. The summed E-state index contributed by atoms with van der Waals surface area (Å²) in [7, 11) is 1.78. The second-order valence-corrected chi connectivity index (χ2v) is 6.54. The van der Waals surface area contributed by atoms with Gasteiger partial charge in [-0.1, -0.05) is 18.2 Å². The van der Waals surface area contributed by atoms with Gasteiger partial charge in [0, 0.05) is 25.7 Å². The smallest absolute Gasteiger partial charge is 0.191 e. The Hall–Kier alpha value is -3.23. The number of H-pyrrole nitrogens is 1. The van der Waals surface area contributed by atoms with Gasteiger partial charge in [0.1, 0.15) is 18.0 Å². The maximum atomic E-state index is 4.57. The first-order valence-corrected chi connectivity index (χ1v) is 9.06. The van der Waals surface area contributed by atoms with Crippen LogP contribution in [0.3, 0.4) is 0 Å². The van der Waals surface area contributed by atoms with Gasteiger partial charge in [0.15, 0.2) is 11.8 Å². The summed E-state index contributed by atoms with van der Waals surface area (Å²) in [5, 5.41) is 18.1. The predicted octanol–water partition coefficient (Wildman–Crippen LogP) is 1.57. The number of hydrogen-bond acceptors (Lipinski definition) is 5. The SMILES string of the molecule is CN=C(NCc1cccc(-c2ncn[nH]2)c1)NC1CCCn2nc(C)nc21. The zero-order valence-electron chi connectivity index (χ0n) is 15.5. The molecule has 1 unspecified atom stereocenters. The number of nitrogens with zero attached hydrogens (tertiary/aromatic N) is 6. The number of aryl methyl sites for hydroxylation is 2. The zero-order valence-corrected chi connectivity index (χ0v) is 15.5. The minimum Gasteiger partial charge on any atom is -0.352 e. The Morgan fingerprint density at radius 3 is 3.15 bits per heavy atom. The highest BCUT2D eigenvalue weighted by Crippen LogP contribution is 2.22. The van der Waals surface area contributed by atoms with Crippen LogP contribution in [0, 0.1) is 6.92 Å². The Morgan fingerprint density at radius 1 is 1.41 bits per heavy atom. The number of aromatic amines is 1. The standard InChI is InChI=1S/C18H23N9/c1-12-23-17-15(7-4-8-27(17)26-12)24-18(19-2)20-10-13-5-3-6-14(9-13)16-21-11-22-25-16/h3,5-6,9,11,15H,4,7-8,10H2,1-2H3,(H2,19,20,24)(H,21,22,25). The number of benzene rings is 1. The molecule has 1 aliphatic heterocycles.